The number of hydrogen-bond acceptors (Lipinski definition) is 5. The van der Waals surface area contributed by atoms with Gasteiger partial charge in [0.05, 0.1) is 23.4 Å². The molecule has 0 spiro atoms. The zero-order valence-electron chi connectivity index (χ0n) is 13.5. The molecule has 1 aliphatic carbocycles. The lowest BCUT2D eigenvalue weighted by Gasteiger charge is -2.31. The lowest BCUT2D eigenvalue weighted by atomic mass is 9.84. The molecule has 25 heavy (non-hydrogen) atoms. The van der Waals surface area contributed by atoms with Gasteiger partial charge in [-0.25, -0.2) is 9.78 Å². The van der Waals surface area contributed by atoms with Crippen LogP contribution in [0.25, 0.3) is 0 Å². The number of aromatic nitrogens is 2. The Morgan fingerprint density at radius 1 is 1.08 bits per heavy atom. The summed E-state index contributed by atoms with van der Waals surface area (Å²) in [5.74, 6) is -2.15. The van der Waals surface area contributed by atoms with E-state index in [-0.39, 0.29) is 17.2 Å². The second-order valence-electron chi connectivity index (χ2n) is 6.33. The van der Waals surface area contributed by atoms with Gasteiger partial charge in [-0.05, 0) is 25.0 Å². The van der Waals surface area contributed by atoms with E-state index in [1.165, 1.54) is 0 Å². The number of benzene rings is 1. The molecule has 0 N–H and O–H groups in total. The highest BCUT2D eigenvalue weighted by Gasteiger charge is 2.41. The summed E-state index contributed by atoms with van der Waals surface area (Å²) < 4.78 is 1.90. The predicted molar refractivity (Wildman–Crippen MR) is 86.3 cm³/mol. The summed E-state index contributed by atoms with van der Waals surface area (Å²) in [6.07, 6.45) is 8.58. The minimum absolute atomic E-state index is 0.0704. The SMILES string of the molecule is O=C(ON1C(=O)c2ccccc2C1=O)[C@H]1CCCC[C@H]1n1ccnc1. The normalized spacial score (nSPS) is 22.8. The first-order valence-corrected chi connectivity index (χ1v) is 8.34. The van der Waals surface area contributed by atoms with Crippen LogP contribution in [0.4, 0.5) is 0 Å². The number of imide groups is 1. The van der Waals surface area contributed by atoms with Gasteiger partial charge in [-0.15, -0.1) is 0 Å². The van der Waals surface area contributed by atoms with E-state index in [9.17, 15) is 14.4 Å². The summed E-state index contributed by atoms with van der Waals surface area (Å²) in [6.45, 7) is 0. The third-order valence-corrected chi connectivity index (χ3v) is 4.88. The molecule has 7 nitrogen and oxygen atoms in total. The third-order valence-electron chi connectivity index (χ3n) is 4.88. The third kappa shape index (κ3) is 2.61. The van der Waals surface area contributed by atoms with Gasteiger partial charge < -0.3 is 9.40 Å². The second kappa shape index (κ2) is 6.16. The number of carbonyl (C=O) groups is 3. The number of amides is 2. The van der Waals surface area contributed by atoms with Crippen LogP contribution in [-0.2, 0) is 9.63 Å². The summed E-state index contributed by atoms with van der Waals surface area (Å²) in [4.78, 5) is 46.7. The van der Waals surface area contributed by atoms with Crippen molar-refractivity contribution in [2.24, 2.45) is 5.92 Å². The minimum atomic E-state index is -0.594. The monoisotopic (exact) mass is 339 g/mol. The number of hydrogen-bond donors (Lipinski definition) is 0. The number of carbonyl (C=O) groups excluding carboxylic acids is 3. The van der Waals surface area contributed by atoms with E-state index in [0.29, 0.717) is 11.5 Å². The fourth-order valence-corrected chi connectivity index (χ4v) is 3.62. The van der Waals surface area contributed by atoms with Crippen LogP contribution in [0, 0.1) is 5.92 Å². The van der Waals surface area contributed by atoms with E-state index < -0.39 is 23.7 Å². The smallest absolute Gasteiger partial charge is 0.334 e. The number of rotatable bonds is 3. The predicted octanol–water partition coefficient (Wildman–Crippen LogP) is 2.37. The lowest BCUT2D eigenvalue weighted by molar-refractivity contribution is -0.176. The standard InChI is InChI=1S/C18H17N3O4/c22-16-12-5-1-2-6-13(12)17(23)21(16)25-18(24)14-7-3-4-8-15(14)20-10-9-19-11-20/h1-2,5-6,9-11,14-15H,3-4,7-8H2/t14-,15+/m0/s1. The van der Waals surface area contributed by atoms with E-state index in [2.05, 4.69) is 4.98 Å². The quantitative estimate of drug-likeness (QED) is 0.802. The summed E-state index contributed by atoms with van der Waals surface area (Å²) in [5.41, 5.74) is 0.519. The molecule has 128 valence electrons. The summed E-state index contributed by atoms with van der Waals surface area (Å²) >= 11 is 0. The van der Waals surface area contributed by atoms with Gasteiger partial charge in [0.1, 0.15) is 0 Å². The fourth-order valence-electron chi connectivity index (χ4n) is 3.62. The number of imidazole rings is 1. The Bertz CT molecular complexity index is 796. The van der Waals surface area contributed by atoms with E-state index in [1.54, 1.807) is 36.8 Å². The average molecular weight is 339 g/mol. The molecule has 1 aromatic heterocycles. The molecule has 2 heterocycles. The molecule has 0 bridgehead atoms. The Balaban J connectivity index is 1.54. The number of fused-ring (bicyclic) bond motifs is 1. The van der Waals surface area contributed by atoms with Crippen LogP contribution < -0.4 is 0 Å². The Morgan fingerprint density at radius 2 is 1.76 bits per heavy atom. The van der Waals surface area contributed by atoms with Gasteiger partial charge >= 0.3 is 5.97 Å². The molecule has 1 saturated carbocycles. The molecule has 0 unspecified atom stereocenters. The van der Waals surface area contributed by atoms with Crippen LogP contribution >= 0.6 is 0 Å². The molecule has 0 radical (unpaired) electrons. The van der Waals surface area contributed by atoms with Gasteiger partial charge in [0.25, 0.3) is 11.8 Å². The molecule has 2 atom stereocenters. The van der Waals surface area contributed by atoms with Crippen molar-refractivity contribution in [3.8, 4) is 0 Å². The van der Waals surface area contributed by atoms with Crippen LogP contribution in [0.3, 0.4) is 0 Å². The minimum Gasteiger partial charge on any atom is -0.334 e. The maximum Gasteiger partial charge on any atom is 0.338 e. The highest BCUT2D eigenvalue weighted by atomic mass is 16.7. The Morgan fingerprint density at radius 3 is 2.40 bits per heavy atom. The van der Waals surface area contributed by atoms with Crippen LogP contribution in [0.15, 0.2) is 43.0 Å². The Hall–Kier alpha value is -2.96. The molecular formula is C18H17N3O4. The van der Waals surface area contributed by atoms with Gasteiger partial charge in [0.15, 0.2) is 0 Å². The highest BCUT2D eigenvalue weighted by molar-refractivity contribution is 6.20. The zero-order chi connectivity index (χ0) is 17.4. The number of nitrogens with zero attached hydrogens (tertiary/aromatic N) is 3. The van der Waals surface area contributed by atoms with Crippen molar-refractivity contribution >= 4 is 17.8 Å². The van der Waals surface area contributed by atoms with Crippen molar-refractivity contribution in [3.63, 3.8) is 0 Å². The largest absolute Gasteiger partial charge is 0.338 e. The van der Waals surface area contributed by atoms with E-state index in [0.717, 1.165) is 19.3 Å². The van der Waals surface area contributed by atoms with Gasteiger partial charge in [0, 0.05) is 18.4 Å². The molecule has 1 fully saturated rings. The molecule has 7 heteroatoms. The first-order chi connectivity index (χ1) is 12.2. The van der Waals surface area contributed by atoms with Crippen LogP contribution in [0.1, 0.15) is 52.4 Å². The molecule has 4 rings (SSSR count). The summed E-state index contributed by atoms with van der Waals surface area (Å²) in [7, 11) is 0. The zero-order valence-corrected chi connectivity index (χ0v) is 13.5. The van der Waals surface area contributed by atoms with Crippen LogP contribution in [0.2, 0.25) is 0 Å². The van der Waals surface area contributed by atoms with E-state index in [4.69, 9.17) is 4.84 Å². The van der Waals surface area contributed by atoms with Crippen molar-refractivity contribution in [1.29, 1.82) is 0 Å². The highest BCUT2D eigenvalue weighted by Crippen LogP contribution is 2.35. The number of hydroxylamine groups is 2. The van der Waals surface area contributed by atoms with E-state index >= 15 is 0 Å². The molecule has 2 aromatic rings. The van der Waals surface area contributed by atoms with Crippen molar-refractivity contribution in [2.45, 2.75) is 31.7 Å². The molecule has 2 aliphatic rings. The molecule has 2 amide bonds. The first kappa shape index (κ1) is 15.6. The molecule has 1 aliphatic heterocycles. The van der Waals surface area contributed by atoms with Crippen molar-refractivity contribution in [3.05, 3.63) is 54.1 Å². The Kier molecular flexibility index (Phi) is 3.83. The summed E-state index contributed by atoms with van der Waals surface area (Å²) in [6, 6.07) is 6.38. The fraction of sp³-hybridized carbons (Fsp3) is 0.333. The first-order valence-electron chi connectivity index (χ1n) is 8.34. The lowest BCUT2D eigenvalue weighted by Crippen LogP contribution is -2.38. The van der Waals surface area contributed by atoms with Gasteiger partial charge in [-0.2, -0.15) is 0 Å². The maximum absolute atomic E-state index is 12.7. The van der Waals surface area contributed by atoms with Gasteiger partial charge in [0.2, 0.25) is 0 Å². The molecule has 0 saturated heterocycles. The maximum atomic E-state index is 12.7. The van der Waals surface area contributed by atoms with Crippen LogP contribution in [-0.4, -0.2) is 32.4 Å². The van der Waals surface area contributed by atoms with Gasteiger partial charge in [-0.3, -0.25) is 9.59 Å². The van der Waals surface area contributed by atoms with Gasteiger partial charge in [-0.1, -0.05) is 30.0 Å². The van der Waals surface area contributed by atoms with E-state index in [1.807, 2.05) is 10.8 Å². The average Bonchev–Trinajstić information content (AvgIpc) is 3.26. The second-order valence-corrected chi connectivity index (χ2v) is 6.33. The van der Waals surface area contributed by atoms with Crippen molar-refractivity contribution in [1.82, 2.24) is 14.6 Å². The van der Waals surface area contributed by atoms with Crippen LogP contribution in [0.5, 0.6) is 0 Å². The molecule has 1 aromatic carbocycles. The summed E-state index contributed by atoms with van der Waals surface area (Å²) in [5, 5.41) is 0.590. The van der Waals surface area contributed by atoms with Crippen molar-refractivity contribution < 1.29 is 19.2 Å². The Labute approximate surface area is 144 Å². The molecular weight excluding hydrogens is 322 g/mol. The topological polar surface area (TPSA) is 81.5 Å². The van der Waals surface area contributed by atoms with Crippen molar-refractivity contribution in [2.75, 3.05) is 0 Å².